The molecule has 0 bridgehead atoms. The van der Waals surface area contributed by atoms with Crippen molar-refractivity contribution in [2.75, 3.05) is 12.4 Å². The molecule has 0 aromatic heterocycles. The van der Waals surface area contributed by atoms with Crippen molar-refractivity contribution >= 4 is 11.6 Å². The number of amides is 1. The van der Waals surface area contributed by atoms with Crippen LogP contribution >= 0.6 is 0 Å². The van der Waals surface area contributed by atoms with Gasteiger partial charge in [-0.05, 0) is 63.1 Å². The van der Waals surface area contributed by atoms with Crippen LogP contribution in [-0.2, 0) is 4.79 Å². The van der Waals surface area contributed by atoms with E-state index in [1.807, 2.05) is 20.8 Å². The minimum Gasteiger partial charge on any atom is -0.497 e. The van der Waals surface area contributed by atoms with Crippen LogP contribution in [0.3, 0.4) is 0 Å². The average molecular weight is 313 g/mol. The van der Waals surface area contributed by atoms with Gasteiger partial charge < -0.3 is 14.8 Å². The fourth-order valence-electron chi connectivity index (χ4n) is 2.51. The summed E-state index contributed by atoms with van der Waals surface area (Å²) < 4.78 is 10.8. The highest BCUT2D eigenvalue weighted by atomic mass is 16.5. The van der Waals surface area contributed by atoms with Gasteiger partial charge in [-0.15, -0.1) is 0 Å². The Morgan fingerprint density at radius 1 is 1.00 bits per heavy atom. The van der Waals surface area contributed by atoms with Crippen molar-refractivity contribution in [1.29, 1.82) is 0 Å². The molecule has 1 amide bonds. The van der Waals surface area contributed by atoms with Crippen LogP contribution in [0.2, 0.25) is 0 Å². The van der Waals surface area contributed by atoms with Crippen LogP contribution in [0.4, 0.5) is 5.69 Å². The summed E-state index contributed by atoms with van der Waals surface area (Å²) in [6.45, 7) is 7.76. The lowest BCUT2D eigenvalue weighted by Crippen LogP contribution is -2.30. The zero-order valence-electron chi connectivity index (χ0n) is 14.3. The maximum Gasteiger partial charge on any atom is 0.265 e. The predicted octanol–water partition coefficient (Wildman–Crippen LogP) is 4.03. The molecular formula is C19H23NO3. The van der Waals surface area contributed by atoms with Crippen molar-refractivity contribution in [1.82, 2.24) is 0 Å². The molecule has 1 atom stereocenters. The van der Waals surface area contributed by atoms with E-state index in [0.717, 1.165) is 22.6 Å². The third kappa shape index (κ3) is 4.25. The standard InChI is InChI=1S/C19H23NO3/c1-12-10-13(2)18(14(3)11-12)20-19(21)15(4)23-17-8-6-16(22-5)7-9-17/h6-11,15H,1-5H3,(H,20,21). The SMILES string of the molecule is COc1ccc(OC(C)C(=O)Nc2c(C)cc(C)cc2C)cc1. The first kappa shape index (κ1) is 16.9. The summed E-state index contributed by atoms with van der Waals surface area (Å²) in [7, 11) is 1.61. The number of hydrogen-bond donors (Lipinski definition) is 1. The molecule has 0 saturated heterocycles. The van der Waals surface area contributed by atoms with Crippen LogP contribution < -0.4 is 14.8 Å². The Kier molecular flexibility index (Phi) is 5.27. The Morgan fingerprint density at radius 3 is 2.04 bits per heavy atom. The van der Waals surface area contributed by atoms with Gasteiger partial charge in [0, 0.05) is 5.69 Å². The zero-order valence-corrected chi connectivity index (χ0v) is 14.3. The van der Waals surface area contributed by atoms with E-state index in [1.54, 1.807) is 38.3 Å². The summed E-state index contributed by atoms with van der Waals surface area (Å²) >= 11 is 0. The van der Waals surface area contributed by atoms with Crippen LogP contribution in [0.15, 0.2) is 36.4 Å². The lowest BCUT2D eigenvalue weighted by molar-refractivity contribution is -0.122. The molecule has 1 N–H and O–H groups in total. The molecule has 0 aliphatic heterocycles. The number of aryl methyl sites for hydroxylation is 3. The van der Waals surface area contributed by atoms with E-state index in [1.165, 1.54) is 5.56 Å². The maximum absolute atomic E-state index is 12.4. The van der Waals surface area contributed by atoms with E-state index in [2.05, 4.69) is 17.4 Å². The van der Waals surface area contributed by atoms with Gasteiger partial charge in [0.25, 0.3) is 5.91 Å². The van der Waals surface area contributed by atoms with E-state index < -0.39 is 6.10 Å². The van der Waals surface area contributed by atoms with E-state index >= 15 is 0 Å². The zero-order chi connectivity index (χ0) is 17.0. The second-order valence-corrected chi connectivity index (χ2v) is 5.70. The van der Waals surface area contributed by atoms with E-state index in [4.69, 9.17) is 9.47 Å². The summed E-state index contributed by atoms with van der Waals surface area (Å²) in [5.74, 6) is 1.21. The lowest BCUT2D eigenvalue weighted by atomic mass is 10.0. The summed E-state index contributed by atoms with van der Waals surface area (Å²) in [4.78, 5) is 12.4. The lowest BCUT2D eigenvalue weighted by Gasteiger charge is -2.17. The van der Waals surface area contributed by atoms with Crippen LogP contribution in [-0.4, -0.2) is 19.1 Å². The molecular weight excluding hydrogens is 290 g/mol. The van der Waals surface area contributed by atoms with Gasteiger partial charge in [-0.2, -0.15) is 0 Å². The van der Waals surface area contributed by atoms with E-state index in [9.17, 15) is 4.79 Å². The number of nitrogens with one attached hydrogen (secondary N) is 1. The van der Waals surface area contributed by atoms with Gasteiger partial charge in [0.2, 0.25) is 0 Å². The van der Waals surface area contributed by atoms with Gasteiger partial charge in [0.05, 0.1) is 7.11 Å². The first-order chi connectivity index (χ1) is 10.9. The molecule has 2 aromatic rings. The van der Waals surface area contributed by atoms with E-state index in [0.29, 0.717) is 5.75 Å². The Hall–Kier alpha value is -2.49. The number of carbonyl (C=O) groups excluding carboxylic acids is 1. The van der Waals surface area contributed by atoms with Crippen LogP contribution in [0.1, 0.15) is 23.6 Å². The normalized spacial score (nSPS) is 11.7. The first-order valence-corrected chi connectivity index (χ1v) is 7.60. The second kappa shape index (κ2) is 7.18. The molecule has 0 radical (unpaired) electrons. The smallest absolute Gasteiger partial charge is 0.265 e. The molecule has 122 valence electrons. The Bertz CT molecular complexity index is 669. The number of hydrogen-bond acceptors (Lipinski definition) is 3. The van der Waals surface area contributed by atoms with Crippen molar-refractivity contribution in [3.05, 3.63) is 53.1 Å². The number of ether oxygens (including phenoxy) is 2. The monoisotopic (exact) mass is 313 g/mol. The fourth-order valence-corrected chi connectivity index (χ4v) is 2.51. The number of anilines is 1. The average Bonchev–Trinajstić information content (AvgIpc) is 2.51. The summed E-state index contributed by atoms with van der Waals surface area (Å²) in [5.41, 5.74) is 4.13. The minimum atomic E-state index is -0.594. The highest BCUT2D eigenvalue weighted by molar-refractivity contribution is 5.95. The molecule has 0 aliphatic carbocycles. The topological polar surface area (TPSA) is 47.6 Å². The van der Waals surface area contributed by atoms with Crippen LogP contribution in [0.25, 0.3) is 0 Å². The minimum absolute atomic E-state index is 0.170. The Labute approximate surface area is 137 Å². The third-order valence-corrected chi connectivity index (χ3v) is 3.67. The number of rotatable bonds is 5. The number of methoxy groups -OCH3 is 1. The quantitative estimate of drug-likeness (QED) is 0.906. The third-order valence-electron chi connectivity index (χ3n) is 3.67. The Morgan fingerprint density at radius 2 is 1.52 bits per heavy atom. The molecule has 4 nitrogen and oxygen atoms in total. The molecule has 4 heteroatoms. The summed E-state index contributed by atoms with van der Waals surface area (Å²) in [5, 5.41) is 2.96. The predicted molar refractivity (Wildman–Crippen MR) is 92.4 cm³/mol. The molecule has 0 spiro atoms. The molecule has 1 unspecified atom stereocenters. The molecule has 0 fully saturated rings. The maximum atomic E-state index is 12.4. The van der Waals surface area contributed by atoms with E-state index in [-0.39, 0.29) is 5.91 Å². The molecule has 23 heavy (non-hydrogen) atoms. The van der Waals surface area contributed by atoms with Crippen LogP contribution in [0, 0.1) is 20.8 Å². The second-order valence-electron chi connectivity index (χ2n) is 5.70. The fraction of sp³-hybridized carbons (Fsp3) is 0.316. The number of benzene rings is 2. The number of carbonyl (C=O) groups is 1. The van der Waals surface area contributed by atoms with Gasteiger partial charge in [0.1, 0.15) is 11.5 Å². The summed E-state index contributed by atoms with van der Waals surface area (Å²) in [6, 6.07) is 11.3. The molecule has 2 aromatic carbocycles. The molecule has 0 aliphatic rings. The van der Waals surface area contributed by atoms with Gasteiger partial charge in [-0.1, -0.05) is 17.7 Å². The first-order valence-electron chi connectivity index (χ1n) is 7.60. The molecule has 2 rings (SSSR count). The largest absolute Gasteiger partial charge is 0.497 e. The van der Waals surface area contributed by atoms with Crippen LogP contribution in [0.5, 0.6) is 11.5 Å². The summed E-state index contributed by atoms with van der Waals surface area (Å²) in [6.07, 6.45) is -0.594. The van der Waals surface area contributed by atoms with Crippen molar-refractivity contribution < 1.29 is 14.3 Å². The van der Waals surface area contributed by atoms with Crippen molar-refractivity contribution in [3.63, 3.8) is 0 Å². The highest BCUT2D eigenvalue weighted by Gasteiger charge is 2.17. The highest BCUT2D eigenvalue weighted by Crippen LogP contribution is 2.23. The van der Waals surface area contributed by atoms with Crippen molar-refractivity contribution in [3.8, 4) is 11.5 Å². The van der Waals surface area contributed by atoms with Crippen molar-refractivity contribution in [2.24, 2.45) is 0 Å². The Balaban J connectivity index is 2.05. The molecule has 0 saturated carbocycles. The van der Waals surface area contributed by atoms with Gasteiger partial charge in [-0.3, -0.25) is 4.79 Å². The van der Waals surface area contributed by atoms with Gasteiger partial charge >= 0.3 is 0 Å². The van der Waals surface area contributed by atoms with Gasteiger partial charge in [-0.25, -0.2) is 0 Å². The van der Waals surface area contributed by atoms with Crippen molar-refractivity contribution in [2.45, 2.75) is 33.8 Å². The van der Waals surface area contributed by atoms with Gasteiger partial charge in [0.15, 0.2) is 6.10 Å². The molecule has 0 heterocycles.